The van der Waals surface area contributed by atoms with Crippen LogP contribution >= 0.6 is 0 Å². The van der Waals surface area contributed by atoms with Gasteiger partial charge in [0.05, 0.1) is 18.0 Å². The van der Waals surface area contributed by atoms with Crippen molar-refractivity contribution in [3.63, 3.8) is 0 Å². The summed E-state index contributed by atoms with van der Waals surface area (Å²) in [5.41, 5.74) is 3.13. The molecule has 1 fully saturated rings. The predicted molar refractivity (Wildman–Crippen MR) is 104 cm³/mol. The van der Waals surface area contributed by atoms with Crippen LogP contribution in [0.25, 0.3) is 0 Å². The molecule has 140 valence electrons. The Labute approximate surface area is 156 Å². The van der Waals surface area contributed by atoms with Gasteiger partial charge in [-0.3, -0.25) is 0 Å². The van der Waals surface area contributed by atoms with Crippen LogP contribution < -0.4 is 4.74 Å². The second-order valence-electron chi connectivity index (χ2n) is 7.00. The van der Waals surface area contributed by atoms with Crippen LogP contribution in [0.3, 0.4) is 0 Å². The number of aryl methyl sites for hydroxylation is 2. The molecule has 0 bridgehead atoms. The molecule has 0 saturated carbocycles. The van der Waals surface area contributed by atoms with Gasteiger partial charge in [-0.1, -0.05) is 31.0 Å². The molecule has 0 amide bonds. The largest absolute Gasteiger partial charge is 0.497 e. The maximum atomic E-state index is 13.4. The number of nitrogens with zero attached hydrogens (tertiary/aromatic N) is 1. The Hall–Kier alpha value is -1.85. The lowest BCUT2D eigenvalue weighted by atomic mass is 10.0. The lowest BCUT2D eigenvalue weighted by molar-refractivity contribution is 0.328. The van der Waals surface area contributed by atoms with Gasteiger partial charge in [0.15, 0.2) is 0 Å². The van der Waals surface area contributed by atoms with E-state index in [1.165, 1.54) is 0 Å². The summed E-state index contributed by atoms with van der Waals surface area (Å²) in [5.74, 6) is 0.783. The summed E-state index contributed by atoms with van der Waals surface area (Å²) < 4.78 is 33.8. The highest BCUT2D eigenvalue weighted by Crippen LogP contribution is 2.35. The third kappa shape index (κ3) is 3.79. The topological polar surface area (TPSA) is 46.6 Å². The number of sulfonamides is 1. The Balaban J connectivity index is 2.00. The number of ether oxygens (including phenoxy) is 1. The van der Waals surface area contributed by atoms with Gasteiger partial charge in [0.25, 0.3) is 0 Å². The summed E-state index contributed by atoms with van der Waals surface area (Å²) in [6, 6.07) is 13.1. The highest BCUT2D eigenvalue weighted by molar-refractivity contribution is 7.89. The Morgan fingerprint density at radius 2 is 1.69 bits per heavy atom. The first kappa shape index (κ1) is 18.9. The maximum absolute atomic E-state index is 13.4. The van der Waals surface area contributed by atoms with Gasteiger partial charge in [0.2, 0.25) is 10.0 Å². The van der Waals surface area contributed by atoms with Gasteiger partial charge in [-0.05, 0) is 67.6 Å². The summed E-state index contributed by atoms with van der Waals surface area (Å²) in [4.78, 5) is 0.390. The minimum Gasteiger partial charge on any atom is -0.497 e. The summed E-state index contributed by atoms with van der Waals surface area (Å²) in [5, 5.41) is 0. The van der Waals surface area contributed by atoms with Gasteiger partial charge in [0.1, 0.15) is 5.75 Å². The van der Waals surface area contributed by atoms with E-state index in [0.717, 1.165) is 48.1 Å². The van der Waals surface area contributed by atoms with Crippen LogP contribution in [0.2, 0.25) is 0 Å². The first-order valence-electron chi connectivity index (χ1n) is 9.16. The molecule has 0 aliphatic carbocycles. The van der Waals surface area contributed by atoms with E-state index >= 15 is 0 Å². The zero-order valence-corrected chi connectivity index (χ0v) is 16.6. The smallest absolute Gasteiger partial charge is 0.243 e. The molecule has 1 saturated heterocycles. The SMILES string of the molecule is COc1ccc([C@@H]2CCCCCN2S(=O)(=O)c2ccc(C)c(C)c2)cc1. The maximum Gasteiger partial charge on any atom is 0.243 e. The Kier molecular flexibility index (Phi) is 5.68. The first-order chi connectivity index (χ1) is 12.4. The van der Waals surface area contributed by atoms with Crippen LogP contribution in [0.5, 0.6) is 5.75 Å². The number of methoxy groups -OCH3 is 1. The molecule has 4 nitrogen and oxygen atoms in total. The van der Waals surface area contributed by atoms with Crippen molar-refractivity contribution in [1.29, 1.82) is 0 Å². The first-order valence-corrected chi connectivity index (χ1v) is 10.6. The molecule has 0 unspecified atom stereocenters. The van der Waals surface area contributed by atoms with E-state index in [-0.39, 0.29) is 6.04 Å². The molecule has 2 aromatic carbocycles. The van der Waals surface area contributed by atoms with Crippen LogP contribution in [-0.2, 0) is 10.0 Å². The molecular weight excluding hydrogens is 346 g/mol. The number of rotatable bonds is 4. The molecule has 3 rings (SSSR count). The Bertz CT molecular complexity index is 859. The lowest BCUT2D eigenvalue weighted by Gasteiger charge is -2.30. The lowest BCUT2D eigenvalue weighted by Crippen LogP contribution is -2.34. The minimum absolute atomic E-state index is 0.130. The summed E-state index contributed by atoms with van der Waals surface area (Å²) in [7, 11) is -1.90. The van der Waals surface area contributed by atoms with Gasteiger partial charge >= 0.3 is 0 Å². The molecule has 1 aliphatic heterocycles. The molecule has 0 spiro atoms. The second kappa shape index (κ2) is 7.80. The molecule has 2 aromatic rings. The third-order valence-electron chi connectivity index (χ3n) is 5.29. The van der Waals surface area contributed by atoms with Crippen LogP contribution in [0.15, 0.2) is 47.4 Å². The molecule has 1 aliphatic rings. The zero-order valence-electron chi connectivity index (χ0n) is 15.7. The van der Waals surface area contributed by atoms with Crippen molar-refractivity contribution >= 4 is 10.0 Å². The molecule has 0 aromatic heterocycles. The van der Waals surface area contributed by atoms with E-state index < -0.39 is 10.0 Å². The van der Waals surface area contributed by atoms with E-state index in [4.69, 9.17) is 4.74 Å². The molecule has 0 N–H and O–H groups in total. The van der Waals surface area contributed by atoms with Crippen molar-refractivity contribution in [2.24, 2.45) is 0 Å². The van der Waals surface area contributed by atoms with Crippen molar-refractivity contribution in [3.8, 4) is 5.75 Å². The van der Waals surface area contributed by atoms with E-state index in [0.29, 0.717) is 11.4 Å². The Morgan fingerprint density at radius 1 is 0.962 bits per heavy atom. The quantitative estimate of drug-likeness (QED) is 0.786. The standard InChI is InChI=1S/C21H27NO3S/c1-16-8-13-20(15-17(16)2)26(23,24)22-14-6-4-5-7-21(22)18-9-11-19(25-3)12-10-18/h8-13,15,21H,4-7,14H2,1-3H3/t21-/m0/s1. The van der Waals surface area contributed by atoms with Gasteiger partial charge in [-0.15, -0.1) is 0 Å². The van der Waals surface area contributed by atoms with Crippen molar-refractivity contribution < 1.29 is 13.2 Å². The zero-order chi connectivity index (χ0) is 18.7. The minimum atomic E-state index is -3.54. The van der Waals surface area contributed by atoms with Crippen LogP contribution in [0, 0.1) is 13.8 Å². The molecule has 26 heavy (non-hydrogen) atoms. The summed E-state index contributed by atoms with van der Waals surface area (Å²) in [6.07, 6.45) is 3.84. The predicted octanol–water partition coefficient (Wildman–Crippen LogP) is 4.62. The molecule has 5 heteroatoms. The average Bonchev–Trinajstić information content (AvgIpc) is 2.90. The second-order valence-corrected chi connectivity index (χ2v) is 8.89. The highest BCUT2D eigenvalue weighted by atomic mass is 32.2. The van der Waals surface area contributed by atoms with Crippen LogP contribution in [-0.4, -0.2) is 26.4 Å². The van der Waals surface area contributed by atoms with Crippen molar-refractivity contribution in [3.05, 3.63) is 59.2 Å². The number of hydrogen-bond donors (Lipinski definition) is 0. The van der Waals surface area contributed by atoms with Crippen LogP contribution in [0.1, 0.15) is 48.4 Å². The fourth-order valence-electron chi connectivity index (χ4n) is 3.54. The fraction of sp³-hybridized carbons (Fsp3) is 0.429. The van der Waals surface area contributed by atoms with E-state index in [2.05, 4.69) is 0 Å². The summed E-state index contributed by atoms with van der Waals surface area (Å²) in [6.45, 7) is 4.52. The molecule has 1 heterocycles. The van der Waals surface area contributed by atoms with Crippen molar-refractivity contribution in [2.75, 3.05) is 13.7 Å². The number of hydrogen-bond acceptors (Lipinski definition) is 3. The molecule has 0 radical (unpaired) electrons. The van der Waals surface area contributed by atoms with E-state index in [1.807, 2.05) is 44.2 Å². The third-order valence-corrected chi connectivity index (χ3v) is 7.19. The van der Waals surface area contributed by atoms with E-state index in [1.54, 1.807) is 23.5 Å². The summed E-state index contributed by atoms with van der Waals surface area (Å²) >= 11 is 0. The average molecular weight is 374 g/mol. The van der Waals surface area contributed by atoms with Crippen molar-refractivity contribution in [2.45, 2.75) is 50.5 Å². The normalized spacial score (nSPS) is 19.1. The fourth-order valence-corrected chi connectivity index (χ4v) is 5.31. The van der Waals surface area contributed by atoms with Crippen molar-refractivity contribution in [1.82, 2.24) is 4.31 Å². The Morgan fingerprint density at radius 3 is 2.35 bits per heavy atom. The van der Waals surface area contributed by atoms with Gasteiger partial charge in [-0.2, -0.15) is 4.31 Å². The van der Waals surface area contributed by atoms with Gasteiger partial charge in [0, 0.05) is 6.54 Å². The highest BCUT2D eigenvalue weighted by Gasteiger charge is 2.33. The van der Waals surface area contributed by atoms with Gasteiger partial charge in [-0.25, -0.2) is 8.42 Å². The van der Waals surface area contributed by atoms with Crippen LogP contribution in [0.4, 0.5) is 0 Å². The monoisotopic (exact) mass is 373 g/mol. The van der Waals surface area contributed by atoms with E-state index in [9.17, 15) is 8.42 Å². The number of benzene rings is 2. The molecular formula is C21H27NO3S. The molecule has 1 atom stereocenters. The van der Waals surface area contributed by atoms with Gasteiger partial charge < -0.3 is 4.74 Å².